The van der Waals surface area contributed by atoms with Gasteiger partial charge in [-0.1, -0.05) is 35.2 Å². The van der Waals surface area contributed by atoms with Crippen LogP contribution >= 0.6 is 35.3 Å². The third-order valence-electron chi connectivity index (χ3n) is 2.83. The van der Waals surface area contributed by atoms with E-state index in [1.807, 2.05) is 24.4 Å². The van der Waals surface area contributed by atoms with E-state index < -0.39 is 0 Å². The molecule has 2 aromatic rings. The fourth-order valence-corrected chi connectivity index (χ4v) is 3.91. The van der Waals surface area contributed by atoms with Gasteiger partial charge in [0.1, 0.15) is 4.32 Å². The molecule has 0 saturated heterocycles. The molecule has 20 heavy (non-hydrogen) atoms. The van der Waals surface area contributed by atoms with Crippen molar-refractivity contribution in [3.63, 3.8) is 0 Å². The molecule has 0 unspecified atom stereocenters. The number of hydrogen-bond acceptors (Lipinski definition) is 6. The molecule has 0 saturated carbocycles. The maximum absolute atomic E-state index is 5.44. The second-order valence-corrected chi connectivity index (χ2v) is 7.05. The third-order valence-corrected chi connectivity index (χ3v) is 5.26. The summed E-state index contributed by atoms with van der Waals surface area (Å²) >= 11 is 8.62. The Balaban J connectivity index is 2.03. The first-order chi connectivity index (χ1) is 9.65. The number of thioether (sulfide) groups is 1. The van der Waals surface area contributed by atoms with Crippen LogP contribution in [0.3, 0.4) is 0 Å². The highest BCUT2D eigenvalue weighted by molar-refractivity contribution is 8.23. The monoisotopic (exact) mass is 327 g/mol. The fourth-order valence-electron chi connectivity index (χ4n) is 1.66. The second kappa shape index (κ2) is 7.19. The number of thiophene rings is 1. The smallest absolute Gasteiger partial charge is 0.240 e. The van der Waals surface area contributed by atoms with Gasteiger partial charge in [-0.15, -0.1) is 11.3 Å². The first-order valence-corrected chi connectivity index (χ1v) is 8.65. The summed E-state index contributed by atoms with van der Waals surface area (Å²) in [4.78, 5) is 7.61. The van der Waals surface area contributed by atoms with Gasteiger partial charge >= 0.3 is 0 Å². The van der Waals surface area contributed by atoms with Crippen molar-refractivity contribution in [3.05, 3.63) is 23.4 Å². The molecule has 0 aromatic carbocycles. The first kappa shape index (κ1) is 15.5. The predicted molar refractivity (Wildman–Crippen MR) is 89.1 cm³/mol. The Kier molecular flexibility index (Phi) is 5.56. The molecular weight excluding hydrogens is 310 g/mol. The molecule has 1 atom stereocenters. The Labute approximate surface area is 132 Å². The highest BCUT2D eigenvalue weighted by atomic mass is 32.2. The van der Waals surface area contributed by atoms with Gasteiger partial charge in [0.25, 0.3) is 0 Å². The van der Waals surface area contributed by atoms with E-state index in [1.165, 1.54) is 0 Å². The van der Waals surface area contributed by atoms with E-state index in [-0.39, 0.29) is 5.25 Å². The van der Waals surface area contributed by atoms with Crippen LogP contribution in [0.2, 0.25) is 0 Å². The lowest BCUT2D eigenvalue weighted by molar-refractivity contribution is 0.381. The summed E-state index contributed by atoms with van der Waals surface area (Å²) in [5.74, 6) is 1.27. The van der Waals surface area contributed by atoms with Crippen molar-refractivity contribution in [3.8, 4) is 10.7 Å². The highest BCUT2D eigenvalue weighted by Gasteiger charge is 2.19. The van der Waals surface area contributed by atoms with Gasteiger partial charge in [0.05, 0.1) is 10.1 Å². The standard InChI is InChI=1S/C13H17N3OS3/c1-4-16(5-2)13(18)20-9(3)12-14-11(15-17-12)10-7-6-8-19-10/h6-9H,4-5H2,1-3H3/t9-/m1/s1. The van der Waals surface area contributed by atoms with Crippen LogP contribution in [0.25, 0.3) is 10.7 Å². The van der Waals surface area contributed by atoms with Gasteiger partial charge in [-0.3, -0.25) is 0 Å². The summed E-state index contributed by atoms with van der Waals surface area (Å²) < 4.78 is 6.22. The molecule has 0 aliphatic carbocycles. The lowest BCUT2D eigenvalue weighted by Gasteiger charge is -2.22. The van der Waals surface area contributed by atoms with Crippen LogP contribution in [0.15, 0.2) is 22.0 Å². The van der Waals surface area contributed by atoms with Gasteiger partial charge in [-0.05, 0) is 32.2 Å². The average molecular weight is 328 g/mol. The number of thiocarbonyl (C=S) groups is 1. The van der Waals surface area contributed by atoms with E-state index in [1.54, 1.807) is 23.1 Å². The maximum atomic E-state index is 5.44. The van der Waals surface area contributed by atoms with Crippen LogP contribution in [0.5, 0.6) is 0 Å². The molecular formula is C13H17N3OS3. The van der Waals surface area contributed by atoms with Crippen LogP contribution in [-0.2, 0) is 0 Å². The van der Waals surface area contributed by atoms with Gasteiger partial charge in [0.15, 0.2) is 0 Å². The Bertz CT molecular complexity index is 549. The van der Waals surface area contributed by atoms with E-state index in [0.717, 1.165) is 22.3 Å². The molecule has 7 heteroatoms. The summed E-state index contributed by atoms with van der Waals surface area (Å²) in [5.41, 5.74) is 0. The lowest BCUT2D eigenvalue weighted by atomic mass is 10.4. The minimum atomic E-state index is 0.0595. The molecule has 0 bridgehead atoms. The van der Waals surface area contributed by atoms with Crippen LogP contribution in [0, 0.1) is 0 Å². The van der Waals surface area contributed by atoms with Gasteiger partial charge < -0.3 is 9.42 Å². The normalized spacial score (nSPS) is 12.3. The number of aromatic nitrogens is 2. The lowest BCUT2D eigenvalue weighted by Crippen LogP contribution is -2.27. The summed E-state index contributed by atoms with van der Waals surface area (Å²) in [6, 6.07) is 3.96. The Morgan fingerprint density at radius 1 is 1.50 bits per heavy atom. The number of rotatable bonds is 5. The SMILES string of the molecule is CCN(CC)C(=S)S[C@H](C)c1nc(-c2cccs2)no1. The Morgan fingerprint density at radius 2 is 2.25 bits per heavy atom. The van der Waals surface area contributed by atoms with Crippen LogP contribution in [-0.4, -0.2) is 32.5 Å². The van der Waals surface area contributed by atoms with Gasteiger partial charge in [-0.25, -0.2) is 0 Å². The van der Waals surface area contributed by atoms with E-state index in [9.17, 15) is 0 Å². The zero-order valence-electron chi connectivity index (χ0n) is 11.7. The topological polar surface area (TPSA) is 42.2 Å². The Morgan fingerprint density at radius 3 is 2.85 bits per heavy atom. The maximum Gasteiger partial charge on any atom is 0.240 e. The number of nitrogens with zero attached hydrogens (tertiary/aromatic N) is 3. The zero-order valence-corrected chi connectivity index (χ0v) is 14.1. The fraction of sp³-hybridized carbons (Fsp3) is 0.462. The summed E-state index contributed by atoms with van der Waals surface area (Å²) in [7, 11) is 0. The molecule has 0 radical (unpaired) electrons. The molecule has 0 aliphatic rings. The van der Waals surface area contributed by atoms with Crippen LogP contribution in [0.1, 0.15) is 31.9 Å². The van der Waals surface area contributed by atoms with Crippen molar-refractivity contribution in [2.45, 2.75) is 26.0 Å². The van der Waals surface area contributed by atoms with Crippen molar-refractivity contribution in [1.82, 2.24) is 15.0 Å². The van der Waals surface area contributed by atoms with Gasteiger partial charge in [-0.2, -0.15) is 4.98 Å². The highest BCUT2D eigenvalue weighted by Crippen LogP contribution is 2.31. The van der Waals surface area contributed by atoms with E-state index in [0.29, 0.717) is 11.7 Å². The molecule has 0 N–H and O–H groups in total. The first-order valence-electron chi connectivity index (χ1n) is 6.48. The largest absolute Gasteiger partial charge is 0.358 e. The van der Waals surface area contributed by atoms with Crippen molar-refractivity contribution >= 4 is 39.6 Å². The average Bonchev–Trinajstić information content (AvgIpc) is 3.11. The van der Waals surface area contributed by atoms with Crippen LogP contribution < -0.4 is 0 Å². The number of hydrogen-bond donors (Lipinski definition) is 0. The summed E-state index contributed by atoms with van der Waals surface area (Å²) in [6.45, 7) is 8.07. The molecule has 0 spiro atoms. The van der Waals surface area contributed by atoms with Crippen LogP contribution in [0.4, 0.5) is 0 Å². The molecule has 2 heterocycles. The van der Waals surface area contributed by atoms with Crippen molar-refractivity contribution in [2.75, 3.05) is 13.1 Å². The molecule has 2 rings (SSSR count). The minimum Gasteiger partial charge on any atom is -0.358 e. The zero-order chi connectivity index (χ0) is 14.5. The predicted octanol–water partition coefficient (Wildman–Crippen LogP) is 4.22. The Hall–Kier alpha value is -0.920. The third kappa shape index (κ3) is 3.59. The second-order valence-electron chi connectivity index (χ2n) is 4.13. The molecule has 0 aliphatic heterocycles. The van der Waals surface area contributed by atoms with E-state index in [2.05, 4.69) is 28.9 Å². The van der Waals surface area contributed by atoms with Crippen molar-refractivity contribution < 1.29 is 4.52 Å². The summed E-state index contributed by atoms with van der Waals surface area (Å²) in [6.07, 6.45) is 0. The molecule has 4 nitrogen and oxygen atoms in total. The van der Waals surface area contributed by atoms with E-state index in [4.69, 9.17) is 16.7 Å². The minimum absolute atomic E-state index is 0.0595. The molecule has 0 fully saturated rings. The summed E-state index contributed by atoms with van der Waals surface area (Å²) in [5, 5.41) is 6.08. The van der Waals surface area contributed by atoms with Crippen molar-refractivity contribution in [2.24, 2.45) is 0 Å². The molecule has 2 aromatic heterocycles. The molecule has 0 amide bonds. The van der Waals surface area contributed by atoms with Gasteiger partial charge in [0.2, 0.25) is 11.7 Å². The van der Waals surface area contributed by atoms with E-state index >= 15 is 0 Å². The van der Waals surface area contributed by atoms with Gasteiger partial charge in [0, 0.05) is 13.1 Å². The quantitative estimate of drug-likeness (QED) is 0.766. The molecule has 108 valence electrons. The van der Waals surface area contributed by atoms with Crippen molar-refractivity contribution in [1.29, 1.82) is 0 Å².